The van der Waals surface area contributed by atoms with E-state index in [1.165, 1.54) is 0 Å². The number of allylic oxidation sites excluding steroid dienone is 1. The minimum Gasteiger partial charge on any atom is -0.478 e. The van der Waals surface area contributed by atoms with Gasteiger partial charge in [-0.15, -0.1) is 6.58 Å². The van der Waals surface area contributed by atoms with Crippen molar-refractivity contribution in [2.24, 2.45) is 5.41 Å². The summed E-state index contributed by atoms with van der Waals surface area (Å²) in [6.07, 6.45) is 5.46. The molecule has 0 radical (unpaired) electrons. The number of carbonyl (C=O) groups is 2. The van der Waals surface area contributed by atoms with Crippen molar-refractivity contribution in [1.29, 1.82) is 0 Å². The topological polar surface area (TPSA) is 66.4 Å². The lowest BCUT2D eigenvalue weighted by atomic mass is 9.66. The first-order valence-corrected chi connectivity index (χ1v) is 6.79. The Kier molecular flexibility index (Phi) is 4.23. The van der Waals surface area contributed by atoms with Crippen LogP contribution in [-0.4, -0.2) is 17.0 Å². The van der Waals surface area contributed by atoms with Gasteiger partial charge in [0.05, 0.1) is 11.0 Å². The second-order valence-corrected chi connectivity index (χ2v) is 5.31. The van der Waals surface area contributed by atoms with Crippen LogP contribution in [0.1, 0.15) is 41.6 Å². The summed E-state index contributed by atoms with van der Waals surface area (Å²) in [5.41, 5.74) is 0.890. The fourth-order valence-electron chi connectivity index (χ4n) is 2.54. The normalized spacial score (nSPS) is 16.0. The van der Waals surface area contributed by atoms with Gasteiger partial charge >= 0.3 is 5.97 Å². The molecular formula is C16H19NO3. The standard InChI is InChI=1S/C16H19NO3/c1-2-8-16(9-3-10-16)15(20)17-11-12-4-6-13(7-5-12)14(18)19/h2,4-7H,1,3,8-11H2,(H,17,20)(H,18,19). The summed E-state index contributed by atoms with van der Waals surface area (Å²) in [7, 11) is 0. The van der Waals surface area contributed by atoms with E-state index in [1.807, 2.05) is 0 Å². The van der Waals surface area contributed by atoms with Crippen molar-refractivity contribution in [3.63, 3.8) is 0 Å². The van der Waals surface area contributed by atoms with Gasteiger partial charge in [0, 0.05) is 6.54 Å². The summed E-state index contributed by atoms with van der Waals surface area (Å²) in [5.74, 6) is -0.869. The van der Waals surface area contributed by atoms with Crippen LogP contribution in [0.4, 0.5) is 0 Å². The van der Waals surface area contributed by atoms with Crippen LogP contribution in [0.3, 0.4) is 0 Å². The van der Waals surface area contributed by atoms with Crippen molar-refractivity contribution >= 4 is 11.9 Å². The number of hydrogen-bond acceptors (Lipinski definition) is 2. The maximum Gasteiger partial charge on any atom is 0.335 e. The van der Waals surface area contributed by atoms with Gasteiger partial charge in [0.15, 0.2) is 0 Å². The molecule has 4 heteroatoms. The van der Waals surface area contributed by atoms with E-state index in [0.29, 0.717) is 6.54 Å². The molecule has 1 fully saturated rings. The monoisotopic (exact) mass is 273 g/mol. The highest BCUT2D eigenvalue weighted by Gasteiger charge is 2.42. The quantitative estimate of drug-likeness (QED) is 0.783. The highest BCUT2D eigenvalue weighted by atomic mass is 16.4. The van der Waals surface area contributed by atoms with Crippen molar-refractivity contribution in [1.82, 2.24) is 5.32 Å². The first-order chi connectivity index (χ1) is 9.57. The Labute approximate surface area is 118 Å². The zero-order chi connectivity index (χ0) is 14.6. The molecule has 0 saturated heterocycles. The lowest BCUT2D eigenvalue weighted by Gasteiger charge is -2.39. The molecule has 106 valence electrons. The zero-order valence-electron chi connectivity index (χ0n) is 11.4. The van der Waals surface area contributed by atoms with Gasteiger partial charge in [-0.1, -0.05) is 24.6 Å². The van der Waals surface area contributed by atoms with Crippen LogP contribution in [0.5, 0.6) is 0 Å². The number of benzene rings is 1. The Morgan fingerprint density at radius 2 is 1.95 bits per heavy atom. The van der Waals surface area contributed by atoms with Crippen molar-refractivity contribution in [2.75, 3.05) is 0 Å². The Morgan fingerprint density at radius 1 is 1.30 bits per heavy atom. The van der Waals surface area contributed by atoms with Crippen LogP contribution in [0.25, 0.3) is 0 Å². The molecule has 1 aromatic carbocycles. The lowest BCUT2D eigenvalue weighted by molar-refractivity contribution is -0.135. The smallest absolute Gasteiger partial charge is 0.335 e. The predicted molar refractivity (Wildman–Crippen MR) is 76.3 cm³/mol. The fraction of sp³-hybridized carbons (Fsp3) is 0.375. The molecule has 2 rings (SSSR count). The van der Waals surface area contributed by atoms with Crippen molar-refractivity contribution in [2.45, 2.75) is 32.2 Å². The van der Waals surface area contributed by atoms with E-state index in [2.05, 4.69) is 11.9 Å². The maximum atomic E-state index is 12.2. The van der Waals surface area contributed by atoms with Gasteiger partial charge in [0.2, 0.25) is 5.91 Å². The number of carboxylic acids is 1. The molecule has 0 atom stereocenters. The highest BCUT2D eigenvalue weighted by Crippen LogP contribution is 2.44. The summed E-state index contributed by atoms with van der Waals surface area (Å²) < 4.78 is 0. The Bertz CT molecular complexity index is 515. The van der Waals surface area contributed by atoms with Gasteiger partial charge in [-0.05, 0) is 37.0 Å². The number of amides is 1. The van der Waals surface area contributed by atoms with Crippen molar-refractivity contribution < 1.29 is 14.7 Å². The van der Waals surface area contributed by atoms with Crippen LogP contribution < -0.4 is 5.32 Å². The van der Waals surface area contributed by atoms with Gasteiger partial charge in [0.1, 0.15) is 0 Å². The summed E-state index contributed by atoms with van der Waals surface area (Å²) in [5, 5.41) is 11.8. The SMILES string of the molecule is C=CCC1(C(=O)NCc2ccc(C(=O)O)cc2)CCC1. The van der Waals surface area contributed by atoms with Crippen LogP contribution >= 0.6 is 0 Å². The molecule has 1 saturated carbocycles. The molecule has 4 nitrogen and oxygen atoms in total. The summed E-state index contributed by atoms with van der Waals surface area (Å²) in [6.45, 7) is 4.15. The summed E-state index contributed by atoms with van der Waals surface area (Å²) in [4.78, 5) is 23.0. The second-order valence-electron chi connectivity index (χ2n) is 5.31. The molecule has 1 aliphatic rings. The first kappa shape index (κ1) is 14.3. The van der Waals surface area contributed by atoms with Gasteiger partial charge < -0.3 is 10.4 Å². The van der Waals surface area contributed by atoms with E-state index in [-0.39, 0.29) is 16.9 Å². The van der Waals surface area contributed by atoms with Crippen LogP contribution in [-0.2, 0) is 11.3 Å². The third-order valence-electron chi connectivity index (χ3n) is 3.98. The molecule has 0 unspecified atom stereocenters. The van der Waals surface area contributed by atoms with E-state index in [9.17, 15) is 9.59 Å². The number of hydrogen-bond donors (Lipinski definition) is 2. The third kappa shape index (κ3) is 2.90. The van der Waals surface area contributed by atoms with Gasteiger partial charge in [-0.25, -0.2) is 4.79 Å². The van der Waals surface area contributed by atoms with E-state index >= 15 is 0 Å². The highest BCUT2D eigenvalue weighted by molar-refractivity contribution is 5.87. The molecule has 0 bridgehead atoms. The molecule has 1 aromatic rings. The minimum absolute atomic E-state index is 0.0750. The molecule has 0 spiro atoms. The third-order valence-corrected chi connectivity index (χ3v) is 3.98. The average molecular weight is 273 g/mol. The van der Waals surface area contributed by atoms with Crippen LogP contribution in [0, 0.1) is 5.41 Å². The number of nitrogens with one attached hydrogen (secondary N) is 1. The van der Waals surface area contributed by atoms with E-state index < -0.39 is 5.97 Å². The van der Waals surface area contributed by atoms with Crippen LogP contribution in [0.15, 0.2) is 36.9 Å². The van der Waals surface area contributed by atoms with E-state index in [1.54, 1.807) is 30.3 Å². The molecule has 0 heterocycles. The number of carbonyl (C=O) groups excluding carboxylic acids is 1. The number of carboxylic acid groups (broad SMARTS) is 1. The lowest BCUT2D eigenvalue weighted by Crippen LogP contribution is -2.45. The molecule has 0 aromatic heterocycles. The Balaban J connectivity index is 1.93. The van der Waals surface area contributed by atoms with Crippen molar-refractivity contribution in [3.8, 4) is 0 Å². The molecular weight excluding hydrogens is 254 g/mol. The maximum absolute atomic E-state index is 12.2. The predicted octanol–water partition coefficient (Wildman–Crippen LogP) is 2.75. The van der Waals surface area contributed by atoms with Crippen LogP contribution in [0.2, 0.25) is 0 Å². The van der Waals surface area contributed by atoms with Gasteiger partial charge in [-0.2, -0.15) is 0 Å². The average Bonchev–Trinajstić information content (AvgIpc) is 2.40. The van der Waals surface area contributed by atoms with E-state index in [4.69, 9.17) is 5.11 Å². The van der Waals surface area contributed by atoms with Crippen molar-refractivity contribution in [3.05, 3.63) is 48.0 Å². The molecule has 0 aliphatic heterocycles. The Hall–Kier alpha value is -2.10. The number of aromatic carboxylic acids is 1. The van der Waals surface area contributed by atoms with Gasteiger partial charge in [-0.3, -0.25) is 4.79 Å². The molecule has 1 amide bonds. The summed E-state index contributed by atoms with van der Waals surface area (Å²) >= 11 is 0. The molecule has 1 aliphatic carbocycles. The number of rotatable bonds is 6. The molecule has 2 N–H and O–H groups in total. The second kappa shape index (κ2) is 5.90. The van der Waals surface area contributed by atoms with E-state index in [0.717, 1.165) is 31.2 Å². The first-order valence-electron chi connectivity index (χ1n) is 6.79. The fourth-order valence-corrected chi connectivity index (χ4v) is 2.54. The zero-order valence-corrected chi connectivity index (χ0v) is 11.4. The summed E-state index contributed by atoms with van der Waals surface area (Å²) in [6, 6.07) is 6.55. The minimum atomic E-state index is -0.944. The van der Waals surface area contributed by atoms with Gasteiger partial charge in [0.25, 0.3) is 0 Å². The largest absolute Gasteiger partial charge is 0.478 e. The molecule has 20 heavy (non-hydrogen) atoms. The Morgan fingerprint density at radius 3 is 2.40 bits per heavy atom.